The zero-order valence-corrected chi connectivity index (χ0v) is 11.2. The molecule has 0 aliphatic carbocycles. The molecule has 98 valence electrons. The summed E-state index contributed by atoms with van der Waals surface area (Å²) < 4.78 is 11.2. The second kappa shape index (κ2) is 5.21. The molecule has 0 aromatic heterocycles. The number of ether oxygens (including phenoxy) is 2. The standard InChI is InChI=1S/C15H20O3/c1-11-17-10-15(2,3)14(18-11)9-13(16)12-7-5-4-6-8-12/h4-8,11,14H,9-10H2,1-3H3. The van der Waals surface area contributed by atoms with E-state index in [-0.39, 0.29) is 23.6 Å². The van der Waals surface area contributed by atoms with Crippen LogP contribution in [-0.2, 0) is 9.47 Å². The molecule has 0 amide bonds. The highest BCUT2D eigenvalue weighted by Gasteiger charge is 2.38. The van der Waals surface area contributed by atoms with Gasteiger partial charge < -0.3 is 9.47 Å². The lowest BCUT2D eigenvalue weighted by molar-refractivity contribution is -0.249. The minimum Gasteiger partial charge on any atom is -0.352 e. The third kappa shape index (κ3) is 2.98. The van der Waals surface area contributed by atoms with Crippen LogP contribution >= 0.6 is 0 Å². The van der Waals surface area contributed by atoms with Crippen LogP contribution < -0.4 is 0 Å². The first-order valence-electron chi connectivity index (χ1n) is 6.34. The van der Waals surface area contributed by atoms with Gasteiger partial charge in [-0.15, -0.1) is 0 Å². The van der Waals surface area contributed by atoms with Crippen LogP contribution in [0, 0.1) is 5.41 Å². The van der Waals surface area contributed by atoms with Gasteiger partial charge in [0.1, 0.15) is 0 Å². The normalized spacial score (nSPS) is 26.8. The molecule has 1 aromatic carbocycles. The zero-order valence-electron chi connectivity index (χ0n) is 11.2. The summed E-state index contributed by atoms with van der Waals surface area (Å²) in [5.41, 5.74) is 0.618. The molecular weight excluding hydrogens is 228 g/mol. The summed E-state index contributed by atoms with van der Waals surface area (Å²) in [6.45, 7) is 6.64. The van der Waals surface area contributed by atoms with Crippen molar-refractivity contribution in [2.45, 2.75) is 39.6 Å². The van der Waals surface area contributed by atoms with Crippen molar-refractivity contribution in [2.24, 2.45) is 5.41 Å². The molecule has 3 nitrogen and oxygen atoms in total. The fourth-order valence-corrected chi connectivity index (χ4v) is 2.11. The summed E-state index contributed by atoms with van der Waals surface area (Å²) in [5.74, 6) is 0.128. The number of carbonyl (C=O) groups excluding carboxylic acids is 1. The molecule has 2 unspecified atom stereocenters. The van der Waals surface area contributed by atoms with Crippen LogP contribution in [-0.4, -0.2) is 24.8 Å². The van der Waals surface area contributed by atoms with Gasteiger partial charge in [-0.1, -0.05) is 44.2 Å². The summed E-state index contributed by atoms with van der Waals surface area (Å²) in [6.07, 6.45) is 0.0885. The lowest BCUT2D eigenvalue weighted by Gasteiger charge is -2.40. The minimum absolute atomic E-state index is 0.0889. The van der Waals surface area contributed by atoms with Crippen LogP contribution in [0.3, 0.4) is 0 Å². The topological polar surface area (TPSA) is 35.5 Å². The van der Waals surface area contributed by atoms with E-state index in [1.807, 2.05) is 37.3 Å². The van der Waals surface area contributed by atoms with Crippen molar-refractivity contribution in [1.82, 2.24) is 0 Å². The molecule has 0 radical (unpaired) electrons. The van der Waals surface area contributed by atoms with Crippen molar-refractivity contribution in [2.75, 3.05) is 6.61 Å². The first kappa shape index (κ1) is 13.2. The van der Waals surface area contributed by atoms with Crippen molar-refractivity contribution in [3.05, 3.63) is 35.9 Å². The van der Waals surface area contributed by atoms with Gasteiger partial charge in [-0.3, -0.25) is 4.79 Å². The van der Waals surface area contributed by atoms with E-state index in [9.17, 15) is 4.79 Å². The fraction of sp³-hybridized carbons (Fsp3) is 0.533. The van der Waals surface area contributed by atoms with Gasteiger partial charge in [0.2, 0.25) is 0 Å². The smallest absolute Gasteiger partial charge is 0.165 e. The Labute approximate surface area is 108 Å². The third-order valence-corrected chi connectivity index (χ3v) is 3.38. The molecule has 1 saturated heterocycles. The summed E-state index contributed by atoms with van der Waals surface area (Å²) in [4.78, 5) is 12.2. The van der Waals surface area contributed by atoms with E-state index in [0.717, 1.165) is 5.56 Å². The van der Waals surface area contributed by atoms with E-state index in [4.69, 9.17) is 9.47 Å². The second-order valence-electron chi connectivity index (χ2n) is 5.49. The quantitative estimate of drug-likeness (QED) is 0.771. The molecule has 1 aliphatic heterocycles. The Morgan fingerprint density at radius 2 is 2.00 bits per heavy atom. The molecule has 1 heterocycles. The Bertz CT molecular complexity index is 411. The largest absolute Gasteiger partial charge is 0.352 e. The molecular formula is C15H20O3. The highest BCUT2D eigenvalue weighted by Crippen LogP contribution is 2.32. The summed E-state index contributed by atoms with van der Waals surface area (Å²) in [7, 11) is 0. The lowest BCUT2D eigenvalue weighted by atomic mass is 9.83. The van der Waals surface area contributed by atoms with E-state index in [1.54, 1.807) is 0 Å². The van der Waals surface area contributed by atoms with Gasteiger partial charge in [-0.25, -0.2) is 0 Å². The van der Waals surface area contributed by atoms with E-state index in [2.05, 4.69) is 13.8 Å². The predicted molar refractivity (Wildman–Crippen MR) is 69.5 cm³/mol. The average molecular weight is 248 g/mol. The van der Waals surface area contributed by atoms with Crippen LogP contribution in [0.25, 0.3) is 0 Å². The Morgan fingerprint density at radius 3 is 2.67 bits per heavy atom. The molecule has 1 fully saturated rings. The summed E-state index contributed by atoms with van der Waals surface area (Å²) in [5, 5.41) is 0. The first-order valence-corrected chi connectivity index (χ1v) is 6.34. The van der Waals surface area contributed by atoms with Crippen LogP contribution in [0.2, 0.25) is 0 Å². The second-order valence-corrected chi connectivity index (χ2v) is 5.49. The molecule has 0 spiro atoms. The summed E-state index contributed by atoms with van der Waals surface area (Å²) >= 11 is 0. The molecule has 0 saturated carbocycles. The molecule has 1 aliphatic rings. The van der Waals surface area contributed by atoms with Crippen molar-refractivity contribution < 1.29 is 14.3 Å². The number of hydrogen-bond donors (Lipinski definition) is 0. The van der Waals surface area contributed by atoms with Gasteiger partial charge >= 0.3 is 0 Å². The highest BCUT2D eigenvalue weighted by atomic mass is 16.7. The van der Waals surface area contributed by atoms with Crippen molar-refractivity contribution in [3.63, 3.8) is 0 Å². The molecule has 2 rings (SSSR count). The number of rotatable bonds is 3. The van der Waals surface area contributed by atoms with Crippen LogP contribution in [0.4, 0.5) is 0 Å². The molecule has 18 heavy (non-hydrogen) atoms. The van der Waals surface area contributed by atoms with Gasteiger partial charge in [0.25, 0.3) is 0 Å². The maximum absolute atomic E-state index is 12.2. The zero-order chi connectivity index (χ0) is 13.2. The lowest BCUT2D eigenvalue weighted by Crippen LogP contribution is -2.45. The number of benzene rings is 1. The third-order valence-electron chi connectivity index (χ3n) is 3.38. The monoisotopic (exact) mass is 248 g/mol. The first-order chi connectivity index (χ1) is 8.49. The molecule has 0 N–H and O–H groups in total. The van der Waals surface area contributed by atoms with Gasteiger partial charge in [0.05, 0.1) is 12.7 Å². The van der Waals surface area contributed by atoms with Crippen LogP contribution in [0.1, 0.15) is 37.6 Å². The van der Waals surface area contributed by atoms with Crippen molar-refractivity contribution in [1.29, 1.82) is 0 Å². The van der Waals surface area contributed by atoms with Gasteiger partial charge in [0.15, 0.2) is 12.1 Å². The summed E-state index contributed by atoms with van der Waals surface area (Å²) in [6, 6.07) is 9.36. The number of carbonyl (C=O) groups is 1. The number of ketones is 1. The Kier molecular flexibility index (Phi) is 3.83. The average Bonchev–Trinajstić information content (AvgIpc) is 2.35. The number of hydrogen-bond acceptors (Lipinski definition) is 3. The minimum atomic E-state index is -0.230. The highest BCUT2D eigenvalue weighted by molar-refractivity contribution is 5.96. The van der Waals surface area contributed by atoms with Crippen LogP contribution in [0.5, 0.6) is 0 Å². The van der Waals surface area contributed by atoms with E-state index in [0.29, 0.717) is 13.0 Å². The molecule has 2 atom stereocenters. The maximum Gasteiger partial charge on any atom is 0.165 e. The van der Waals surface area contributed by atoms with Gasteiger partial charge in [0, 0.05) is 17.4 Å². The number of Topliss-reactive ketones (excluding diaryl/α,β-unsaturated/α-hetero) is 1. The Balaban J connectivity index is 2.06. The molecule has 1 aromatic rings. The van der Waals surface area contributed by atoms with Crippen molar-refractivity contribution in [3.8, 4) is 0 Å². The van der Waals surface area contributed by atoms with Crippen molar-refractivity contribution >= 4 is 5.78 Å². The van der Waals surface area contributed by atoms with Gasteiger partial charge in [-0.2, -0.15) is 0 Å². The predicted octanol–water partition coefficient (Wildman–Crippen LogP) is 3.05. The Hall–Kier alpha value is -1.19. The SMILES string of the molecule is CC1OCC(C)(C)C(CC(=O)c2ccccc2)O1. The molecule has 3 heteroatoms. The van der Waals surface area contributed by atoms with Crippen LogP contribution in [0.15, 0.2) is 30.3 Å². The Morgan fingerprint density at radius 1 is 1.33 bits per heavy atom. The maximum atomic E-state index is 12.2. The van der Waals surface area contributed by atoms with E-state index < -0.39 is 0 Å². The van der Waals surface area contributed by atoms with E-state index >= 15 is 0 Å². The fourth-order valence-electron chi connectivity index (χ4n) is 2.11. The molecule has 0 bridgehead atoms. The van der Waals surface area contributed by atoms with Gasteiger partial charge in [-0.05, 0) is 6.92 Å². The van der Waals surface area contributed by atoms with E-state index in [1.165, 1.54) is 0 Å².